The molecule has 0 aromatic rings. The first-order valence-corrected chi connectivity index (χ1v) is 15.5. The summed E-state index contributed by atoms with van der Waals surface area (Å²) in [6, 6.07) is -1.79. The summed E-state index contributed by atoms with van der Waals surface area (Å²) in [6.07, 6.45) is -22.1. The summed E-state index contributed by atoms with van der Waals surface area (Å²) in [4.78, 5) is 14.0. The first-order valence-electron chi connectivity index (χ1n) is 15.5. The van der Waals surface area contributed by atoms with Crippen molar-refractivity contribution in [2.45, 2.75) is 179 Å². The van der Waals surface area contributed by atoms with Crippen molar-refractivity contribution >= 4 is 5.91 Å². The number of aliphatic hydroxyl groups excluding tert-OH is 10. The maximum atomic E-state index is 14.0. The van der Waals surface area contributed by atoms with E-state index in [2.05, 4.69) is 0 Å². The van der Waals surface area contributed by atoms with E-state index in [1.54, 1.807) is 0 Å². The van der Waals surface area contributed by atoms with E-state index >= 15 is 0 Å². The molecular weight excluding hydrogens is 632 g/mol. The van der Waals surface area contributed by atoms with Crippen molar-refractivity contribution < 1.29 is 79.5 Å². The highest BCUT2D eigenvalue weighted by molar-refractivity contribution is 5.87. The van der Waals surface area contributed by atoms with Gasteiger partial charge in [0.05, 0.1) is 30.5 Å². The molecule has 1 amide bonds. The van der Waals surface area contributed by atoms with Gasteiger partial charge in [-0.15, -0.1) is 0 Å². The molecule has 14 N–H and O–H groups in total. The number of hydrogen-bond donors (Lipinski definition) is 12. The topological polar surface area (TPSA) is 318 Å². The Hall–Kier alpha value is -1.17. The second-order valence-electron chi connectivity index (χ2n) is 12.1. The number of amides is 1. The molecule has 0 radical (unpaired) electrons. The molecule has 47 heavy (non-hydrogen) atoms. The van der Waals surface area contributed by atoms with Gasteiger partial charge in [-0.2, -0.15) is 0 Å². The van der Waals surface area contributed by atoms with E-state index < -0.39 is 102 Å². The minimum absolute atomic E-state index is 0.293. The number of ether oxygens (including phenoxy) is 5. The summed E-state index contributed by atoms with van der Waals surface area (Å²) in [7, 11) is 0. The smallest absolute Gasteiger partial charge is 0.254 e. The highest BCUT2D eigenvalue weighted by Gasteiger charge is 2.87. The maximum absolute atomic E-state index is 14.0. The van der Waals surface area contributed by atoms with Crippen LogP contribution in [-0.4, -0.2) is 153 Å². The Kier molecular flexibility index (Phi) is 16.7. The Balaban J connectivity index is 10.1. The summed E-state index contributed by atoms with van der Waals surface area (Å²) in [5.74, 6) is -1.62. The number of carbonyl (C=O) groups is 1. The van der Waals surface area contributed by atoms with Gasteiger partial charge in [0.15, 0.2) is 59.5 Å². The molecule has 0 aromatic heterocycles. The molecule has 0 aromatic carbocycles. The van der Waals surface area contributed by atoms with Crippen LogP contribution in [0.4, 0.5) is 0 Å². The van der Waals surface area contributed by atoms with Crippen molar-refractivity contribution in [2.75, 3.05) is 0 Å². The van der Waals surface area contributed by atoms with Gasteiger partial charge in [-0.1, -0.05) is 6.92 Å². The molecule has 0 aliphatic carbocycles. The third-order valence-electron chi connectivity index (χ3n) is 8.36. The molecule has 0 spiro atoms. The fraction of sp³-hybridized carbons (Fsp3) is 0.966. The van der Waals surface area contributed by atoms with Crippen LogP contribution in [0.5, 0.6) is 0 Å². The molecular formula is C29H60N2O16. The second kappa shape index (κ2) is 17.2. The predicted octanol–water partition coefficient (Wildman–Crippen LogP) is -3.42. The molecule has 0 fully saturated rings. The summed E-state index contributed by atoms with van der Waals surface area (Å²) in [5, 5.41) is 113. The molecule has 15 atom stereocenters. The highest BCUT2D eigenvalue weighted by atomic mass is 16.7. The van der Waals surface area contributed by atoms with E-state index in [-0.39, 0.29) is 6.42 Å². The molecule has 0 bridgehead atoms. The lowest BCUT2D eigenvalue weighted by atomic mass is 9.50. The van der Waals surface area contributed by atoms with Crippen LogP contribution in [0, 0.1) is 0 Å². The zero-order chi connectivity index (χ0) is 37.7. The SMILES string of the molecule is CCC(N)C(OC(C)O)(C(N)=O)C(OC(C)O)(C(C)O)C(OC(C)O)(C(C)O)C(OC(C)O)(C(C)O)C(OC(C)O)(C(C)O)C(C)O. The van der Waals surface area contributed by atoms with E-state index in [1.807, 2.05) is 0 Å². The van der Waals surface area contributed by atoms with Gasteiger partial charge in [0.2, 0.25) is 0 Å². The first kappa shape index (κ1) is 45.8. The minimum atomic E-state index is -3.51. The fourth-order valence-electron chi connectivity index (χ4n) is 7.32. The normalized spacial score (nSPS) is 26.3. The minimum Gasteiger partial charge on any atom is -0.390 e. The average molecular weight is 693 g/mol. The standard InChI is InChI=1S/C29H60N2O16/c1-12-23(30)26(24(31)42,44-19(8)38)28(16(5)35,46-21(10)40)29(17(6)36,47-22(11)41)27(15(4)34,45-20(9)39)25(13(2)32,14(3)33)43-18(7)37/h13-23,32-41H,12,30H2,1-11H3,(H2,31,42). The second-order valence-corrected chi connectivity index (χ2v) is 12.1. The third kappa shape index (κ3) is 7.63. The number of aliphatic hydroxyl groups is 10. The van der Waals surface area contributed by atoms with Crippen LogP contribution in [0.25, 0.3) is 0 Å². The van der Waals surface area contributed by atoms with Crippen LogP contribution in [0.3, 0.4) is 0 Å². The van der Waals surface area contributed by atoms with E-state index in [0.29, 0.717) is 0 Å². The van der Waals surface area contributed by atoms with Crippen LogP contribution >= 0.6 is 0 Å². The molecule has 0 aliphatic heterocycles. The lowest BCUT2D eigenvalue weighted by Crippen LogP contribution is -2.95. The summed E-state index contributed by atoms with van der Waals surface area (Å²) in [5.41, 5.74) is -4.07. The van der Waals surface area contributed by atoms with E-state index in [1.165, 1.54) is 6.92 Å². The molecule has 0 aliphatic rings. The third-order valence-corrected chi connectivity index (χ3v) is 8.36. The van der Waals surface area contributed by atoms with E-state index in [4.69, 9.17) is 35.2 Å². The van der Waals surface area contributed by atoms with Gasteiger partial charge >= 0.3 is 0 Å². The van der Waals surface area contributed by atoms with Crippen molar-refractivity contribution in [3.8, 4) is 0 Å². The Morgan fingerprint density at radius 2 is 0.809 bits per heavy atom. The number of nitrogens with two attached hydrogens (primary N) is 2. The van der Waals surface area contributed by atoms with Gasteiger partial charge in [0.25, 0.3) is 5.91 Å². The van der Waals surface area contributed by atoms with Gasteiger partial charge in [0.1, 0.15) is 0 Å². The van der Waals surface area contributed by atoms with Crippen molar-refractivity contribution in [3.63, 3.8) is 0 Å². The zero-order valence-corrected chi connectivity index (χ0v) is 29.1. The monoisotopic (exact) mass is 692 g/mol. The van der Waals surface area contributed by atoms with Crippen LogP contribution in [0.1, 0.15) is 82.6 Å². The largest absolute Gasteiger partial charge is 0.390 e. The first-order chi connectivity index (χ1) is 21.2. The van der Waals surface area contributed by atoms with Crippen molar-refractivity contribution in [1.82, 2.24) is 0 Å². The average Bonchev–Trinajstić information content (AvgIpc) is 2.88. The quantitative estimate of drug-likeness (QED) is 0.0491. The Bertz CT molecular complexity index is 955. The lowest BCUT2D eigenvalue weighted by Gasteiger charge is -2.70. The number of primary amides is 1. The van der Waals surface area contributed by atoms with E-state index in [0.717, 1.165) is 69.2 Å². The van der Waals surface area contributed by atoms with Gasteiger partial charge < -0.3 is 86.2 Å². The van der Waals surface area contributed by atoms with Crippen molar-refractivity contribution in [1.29, 1.82) is 0 Å². The Morgan fingerprint density at radius 3 is 1.04 bits per heavy atom. The summed E-state index contributed by atoms with van der Waals surface area (Å²) < 4.78 is 29.7. The van der Waals surface area contributed by atoms with Crippen LogP contribution < -0.4 is 11.5 Å². The predicted molar refractivity (Wildman–Crippen MR) is 163 cm³/mol. The molecule has 0 saturated carbocycles. The molecule has 15 unspecified atom stereocenters. The van der Waals surface area contributed by atoms with Crippen LogP contribution in [-0.2, 0) is 28.5 Å². The lowest BCUT2D eigenvalue weighted by molar-refractivity contribution is -0.471. The van der Waals surface area contributed by atoms with Crippen LogP contribution in [0.2, 0.25) is 0 Å². The summed E-state index contributed by atoms with van der Waals surface area (Å²) >= 11 is 0. The molecule has 0 heterocycles. The number of carbonyl (C=O) groups excluding carboxylic acids is 1. The fourth-order valence-corrected chi connectivity index (χ4v) is 7.32. The molecule has 18 nitrogen and oxygen atoms in total. The highest BCUT2D eigenvalue weighted by Crippen LogP contribution is 2.60. The van der Waals surface area contributed by atoms with Crippen molar-refractivity contribution in [2.24, 2.45) is 11.5 Å². The number of hydrogen-bond acceptors (Lipinski definition) is 17. The Labute approximate surface area is 275 Å². The maximum Gasteiger partial charge on any atom is 0.254 e. The van der Waals surface area contributed by atoms with Gasteiger partial charge in [-0.25, -0.2) is 0 Å². The van der Waals surface area contributed by atoms with E-state index in [9.17, 15) is 55.9 Å². The molecule has 282 valence electrons. The van der Waals surface area contributed by atoms with Gasteiger partial charge in [-0.05, 0) is 75.7 Å². The summed E-state index contributed by atoms with van der Waals surface area (Å²) in [6.45, 7) is 11.1. The zero-order valence-electron chi connectivity index (χ0n) is 29.1. The molecule has 0 rings (SSSR count). The van der Waals surface area contributed by atoms with Gasteiger partial charge in [0, 0.05) is 6.04 Å². The molecule has 0 saturated heterocycles. The van der Waals surface area contributed by atoms with Crippen molar-refractivity contribution in [3.05, 3.63) is 0 Å². The Morgan fingerprint density at radius 1 is 0.511 bits per heavy atom. The molecule has 18 heteroatoms. The van der Waals surface area contributed by atoms with Crippen LogP contribution in [0.15, 0.2) is 0 Å². The number of rotatable bonds is 22. The van der Waals surface area contributed by atoms with Gasteiger partial charge in [-0.3, -0.25) is 4.79 Å².